The number of carbonyl (C=O) groups excluding carboxylic acids is 1. The van der Waals surface area contributed by atoms with Crippen LogP contribution in [0.4, 0.5) is 14.6 Å². The van der Waals surface area contributed by atoms with E-state index in [0.717, 1.165) is 10.9 Å². The summed E-state index contributed by atoms with van der Waals surface area (Å²) in [5.41, 5.74) is 9.53. The molecule has 0 bridgehead atoms. The number of aromatic amines is 1. The van der Waals surface area contributed by atoms with Gasteiger partial charge in [0, 0.05) is 23.2 Å². The van der Waals surface area contributed by atoms with Crippen molar-refractivity contribution in [2.75, 3.05) is 5.32 Å². The number of H-pyrrole nitrogens is 1. The molecule has 1 aliphatic rings. The molecule has 1 aromatic carbocycles. The summed E-state index contributed by atoms with van der Waals surface area (Å²) in [5, 5.41) is 10.4. The first-order valence-electron chi connectivity index (χ1n) is 9.69. The Kier molecular flexibility index (Phi) is 4.11. The number of rotatable bonds is 4. The second kappa shape index (κ2) is 6.60. The van der Waals surface area contributed by atoms with Crippen molar-refractivity contribution in [1.29, 1.82) is 0 Å². The number of carbonyl (C=O) groups is 1. The van der Waals surface area contributed by atoms with Crippen LogP contribution in [0, 0.1) is 18.7 Å². The lowest BCUT2D eigenvalue weighted by Gasteiger charge is -2.16. The zero-order valence-corrected chi connectivity index (χ0v) is 16.4. The normalized spacial score (nSPS) is 19.4. The van der Waals surface area contributed by atoms with Gasteiger partial charge in [0.1, 0.15) is 17.6 Å². The Hall–Kier alpha value is -3.33. The molecule has 3 heterocycles. The topological polar surface area (TPSA) is 101 Å². The number of nitrogens with one attached hydrogen (secondary N) is 2. The van der Waals surface area contributed by atoms with Crippen LogP contribution in [0.25, 0.3) is 27.7 Å². The molecule has 3 aromatic heterocycles. The Labute approximate surface area is 170 Å². The fraction of sp³-hybridized carbons (Fsp3) is 0.286. The van der Waals surface area contributed by atoms with E-state index in [9.17, 15) is 9.18 Å². The van der Waals surface area contributed by atoms with Crippen LogP contribution in [0.2, 0.25) is 0 Å². The number of hydrogen-bond acceptors (Lipinski definition) is 4. The van der Waals surface area contributed by atoms with Crippen LogP contribution in [0.3, 0.4) is 0 Å². The van der Waals surface area contributed by atoms with Gasteiger partial charge in [-0.25, -0.2) is 13.8 Å². The third-order valence-electron chi connectivity index (χ3n) is 5.61. The van der Waals surface area contributed by atoms with Gasteiger partial charge in [-0.2, -0.15) is 5.10 Å². The molecule has 5 rings (SSSR count). The summed E-state index contributed by atoms with van der Waals surface area (Å²) in [6.45, 7) is 3.45. The van der Waals surface area contributed by atoms with E-state index in [4.69, 9.17) is 5.73 Å². The van der Waals surface area contributed by atoms with E-state index in [1.165, 1.54) is 0 Å². The van der Waals surface area contributed by atoms with Gasteiger partial charge in [-0.1, -0.05) is 0 Å². The number of fused-ring (bicyclic) bond motifs is 2. The molecule has 1 fully saturated rings. The molecular weight excluding hydrogens is 390 g/mol. The first kappa shape index (κ1) is 18.7. The maximum atomic E-state index is 15.2. The van der Waals surface area contributed by atoms with Crippen LogP contribution >= 0.6 is 0 Å². The number of anilines is 1. The maximum Gasteiger partial charge on any atom is 0.231 e. The fourth-order valence-electron chi connectivity index (χ4n) is 3.96. The van der Waals surface area contributed by atoms with Gasteiger partial charge >= 0.3 is 0 Å². The molecule has 1 aliphatic carbocycles. The van der Waals surface area contributed by atoms with Gasteiger partial charge in [-0.05, 0) is 49.1 Å². The zero-order valence-electron chi connectivity index (χ0n) is 16.4. The molecule has 0 radical (unpaired) electrons. The van der Waals surface area contributed by atoms with E-state index in [1.54, 1.807) is 36.7 Å². The second-order valence-electron chi connectivity index (χ2n) is 7.83. The highest BCUT2D eigenvalue weighted by Crippen LogP contribution is 2.38. The number of nitrogens with zero attached hydrogens (tertiary/aromatic N) is 3. The molecule has 1 saturated carbocycles. The number of amides is 1. The van der Waals surface area contributed by atoms with E-state index < -0.39 is 18.1 Å². The maximum absolute atomic E-state index is 15.2. The highest BCUT2D eigenvalue weighted by molar-refractivity contribution is 5.98. The van der Waals surface area contributed by atoms with Crippen molar-refractivity contribution >= 4 is 28.3 Å². The fourth-order valence-corrected chi connectivity index (χ4v) is 3.96. The van der Waals surface area contributed by atoms with E-state index in [2.05, 4.69) is 20.5 Å². The summed E-state index contributed by atoms with van der Waals surface area (Å²) in [4.78, 5) is 16.3. The van der Waals surface area contributed by atoms with Crippen molar-refractivity contribution in [2.45, 2.75) is 32.5 Å². The number of nitrogens with two attached hydrogens (primary N) is 1. The Morgan fingerprint density at radius 2 is 2.17 bits per heavy atom. The number of alkyl halides is 1. The third kappa shape index (κ3) is 2.85. The molecule has 0 spiro atoms. The average molecular weight is 410 g/mol. The zero-order chi connectivity index (χ0) is 21.2. The molecule has 3 atom stereocenters. The van der Waals surface area contributed by atoms with Crippen molar-refractivity contribution < 1.29 is 13.6 Å². The predicted molar refractivity (Wildman–Crippen MR) is 109 cm³/mol. The molecule has 1 unspecified atom stereocenters. The molecule has 7 nitrogen and oxygen atoms in total. The molecule has 4 N–H and O–H groups in total. The van der Waals surface area contributed by atoms with E-state index >= 15 is 4.39 Å². The lowest BCUT2D eigenvalue weighted by Crippen LogP contribution is -2.15. The predicted octanol–water partition coefficient (Wildman–Crippen LogP) is 3.64. The third-order valence-corrected chi connectivity index (χ3v) is 5.61. The number of hydrogen-bond donors (Lipinski definition) is 3. The van der Waals surface area contributed by atoms with Crippen molar-refractivity contribution in [3.63, 3.8) is 0 Å². The summed E-state index contributed by atoms with van der Waals surface area (Å²) in [5.74, 6) is -0.968. The summed E-state index contributed by atoms with van der Waals surface area (Å²) in [6, 6.07) is 3.13. The quantitative estimate of drug-likeness (QED) is 0.478. The smallest absolute Gasteiger partial charge is 0.231 e. The van der Waals surface area contributed by atoms with Crippen LogP contribution in [0.5, 0.6) is 0 Å². The van der Waals surface area contributed by atoms with Crippen molar-refractivity contribution in [2.24, 2.45) is 11.7 Å². The van der Waals surface area contributed by atoms with Crippen LogP contribution in [-0.4, -0.2) is 31.7 Å². The number of imidazole rings is 1. The van der Waals surface area contributed by atoms with Gasteiger partial charge in [0.15, 0.2) is 5.82 Å². The van der Waals surface area contributed by atoms with Crippen LogP contribution < -0.4 is 11.1 Å². The van der Waals surface area contributed by atoms with Gasteiger partial charge in [0.2, 0.25) is 5.91 Å². The van der Waals surface area contributed by atoms with Crippen molar-refractivity contribution in [3.05, 3.63) is 47.7 Å². The van der Waals surface area contributed by atoms with Gasteiger partial charge in [0.05, 0.1) is 23.8 Å². The summed E-state index contributed by atoms with van der Waals surface area (Å²) in [7, 11) is 0. The first-order valence-corrected chi connectivity index (χ1v) is 9.69. The SMILES string of the molecule is Cc1c(F)c(C(C)N)c2[nH]ncc2c1-c1ccc2nc(NC(=O)[C@@H]3C[C@@H]3F)cn2c1. The molecule has 154 valence electrons. The average Bonchev–Trinajstić information content (AvgIpc) is 3.08. The van der Waals surface area contributed by atoms with Gasteiger partial charge < -0.3 is 15.5 Å². The van der Waals surface area contributed by atoms with Crippen molar-refractivity contribution in [1.82, 2.24) is 19.6 Å². The van der Waals surface area contributed by atoms with Gasteiger partial charge in [-0.3, -0.25) is 9.89 Å². The molecular formula is C21H20F2N6O. The van der Waals surface area contributed by atoms with Crippen molar-refractivity contribution in [3.8, 4) is 11.1 Å². The molecule has 0 aliphatic heterocycles. The minimum absolute atomic E-state index is 0.256. The number of aromatic nitrogens is 4. The highest BCUT2D eigenvalue weighted by atomic mass is 19.1. The molecule has 1 amide bonds. The van der Waals surface area contributed by atoms with Gasteiger partial charge in [-0.15, -0.1) is 0 Å². The van der Waals surface area contributed by atoms with E-state index in [0.29, 0.717) is 33.7 Å². The Balaban J connectivity index is 1.59. The highest BCUT2D eigenvalue weighted by Gasteiger charge is 2.43. The van der Waals surface area contributed by atoms with E-state index in [-0.39, 0.29) is 18.1 Å². The lowest BCUT2D eigenvalue weighted by molar-refractivity contribution is -0.117. The molecule has 9 heteroatoms. The number of pyridine rings is 1. The Morgan fingerprint density at radius 1 is 1.40 bits per heavy atom. The van der Waals surface area contributed by atoms with Crippen LogP contribution in [-0.2, 0) is 4.79 Å². The summed E-state index contributed by atoms with van der Waals surface area (Å²) < 4.78 is 30.0. The molecule has 0 saturated heterocycles. The Bertz CT molecular complexity index is 1310. The minimum Gasteiger partial charge on any atom is -0.324 e. The molecule has 30 heavy (non-hydrogen) atoms. The standard InChI is InChI=1S/C21H20F2N6O/c1-9-17(13-6-25-28-20(13)18(10(2)24)19(9)23)11-3-4-16-26-15(8-29(16)7-11)27-21(30)12-5-14(12)22/h3-4,6-8,10,12,14H,5,24H2,1-2H3,(H,25,28)(H,27,30)/t10?,12-,14+/m1/s1. The van der Waals surface area contributed by atoms with Crippen LogP contribution in [0.1, 0.15) is 30.5 Å². The Morgan fingerprint density at radius 3 is 2.87 bits per heavy atom. The summed E-state index contributed by atoms with van der Waals surface area (Å²) in [6.07, 6.45) is 4.32. The van der Waals surface area contributed by atoms with Crippen LogP contribution in [0.15, 0.2) is 30.7 Å². The minimum atomic E-state index is -1.07. The molecule has 4 aromatic rings. The van der Waals surface area contributed by atoms with Gasteiger partial charge in [0.25, 0.3) is 0 Å². The lowest BCUT2D eigenvalue weighted by atomic mass is 9.92. The van der Waals surface area contributed by atoms with E-state index in [1.807, 2.05) is 12.3 Å². The number of halogens is 2. The monoisotopic (exact) mass is 410 g/mol. The first-order chi connectivity index (χ1) is 14.3. The number of benzene rings is 1. The second-order valence-corrected chi connectivity index (χ2v) is 7.83. The summed E-state index contributed by atoms with van der Waals surface area (Å²) >= 11 is 0. The largest absolute Gasteiger partial charge is 0.324 e.